The van der Waals surface area contributed by atoms with Gasteiger partial charge in [-0.2, -0.15) is 0 Å². The van der Waals surface area contributed by atoms with E-state index in [1.165, 1.54) is 31.6 Å². The normalized spacial score (nSPS) is 29.8. The lowest BCUT2D eigenvalue weighted by Crippen LogP contribution is -2.47. The molecule has 0 amide bonds. The number of hydrogen-bond acceptors (Lipinski definition) is 5. The zero-order valence-electron chi connectivity index (χ0n) is 9.43. The molecule has 6 heteroatoms. The molecule has 0 radical (unpaired) electrons. The van der Waals surface area contributed by atoms with Gasteiger partial charge in [0.15, 0.2) is 12.4 Å². The van der Waals surface area contributed by atoms with Crippen LogP contribution >= 0.6 is 15.9 Å². The molecule has 0 atom stereocenters. The van der Waals surface area contributed by atoms with Crippen molar-refractivity contribution in [3.63, 3.8) is 0 Å². The molecule has 17 heavy (non-hydrogen) atoms. The first kappa shape index (κ1) is 11.2. The standard InChI is InChI=1S/C11H14BrN3O2/c12-11-5-9(17-14-11)7-16-13-10-6-15-3-1-8(10)2-4-15/h5,8H,1-4,6-7H2/b13-10+. The summed E-state index contributed by atoms with van der Waals surface area (Å²) in [6.45, 7) is 3.72. The molecule has 5 nitrogen and oxygen atoms in total. The number of halogens is 1. The topological polar surface area (TPSA) is 50.9 Å². The maximum absolute atomic E-state index is 5.33. The van der Waals surface area contributed by atoms with Crippen molar-refractivity contribution in [1.29, 1.82) is 0 Å². The summed E-state index contributed by atoms with van der Waals surface area (Å²) in [6, 6.07) is 1.79. The first-order valence-electron chi connectivity index (χ1n) is 5.83. The van der Waals surface area contributed by atoms with Crippen LogP contribution in [0.5, 0.6) is 0 Å². The van der Waals surface area contributed by atoms with Crippen LogP contribution in [0.1, 0.15) is 18.6 Å². The van der Waals surface area contributed by atoms with Crippen molar-refractivity contribution in [3.8, 4) is 0 Å². The summed E-state index contributed by atoms with van der Waals surface area (Å²) in [5.41, 5.74) is 1.18. The molecule has 3 aliphatic rings. The minimum Gasteiger partial charge on any atom is -0.387 e. The van der Waals surface area contributed by atoms with E-state index in [9.17, 15) is 0 Å². The molecule has 4 rings (SSSR count). The Morgan fingerprint density at radius 2 is 2.35 bits per heavy atom. The fraction of sp³-hybridized carbons (Fsp3) is 0.636. The number of hydrogen-bond donors (Lipinski definition) is 0. The van der Waals surface area contributed by atoms with Crippen LogP contribution in [0.15, 0.2) is 20.3 Å². The number of nitrogens with zero attached hydrogens (tertiary/aromatic N) is 3. The zero-order valence-corrected chi connectivity index (χ0v) is 11.0. The van der Waals surface area contributed by atoms with E-state index in [1.54, 1.807) is 6.07 Å². The van der Waals surface area contributed by atoms with E-state index >= 15 is 0 Å². The molecule has 2 bridgehead atoms. The molecule has 0 N–H and O–H groups in total. The van der Waals surface area contributed by atoms with E-state index in [0.717, 1.165) is 6.54 Å². The molecule has 92 valence electrons. The fourth-order valence-corrected chi connectivity index (χ4v) is 2.75. The third kappa shape index (κ3) is 2.52. The number of rotatable bonds is 3. The summed E-state index contributed by atoms with van der Waals surface area (Å²) in [7, 11) is 0. The van der Waals surface area contributed by atoms with Gasteiger partial charge in [0.25, 0.3) is 0 Å². The quantitative estimate of drug-likeness (QED) is 0.802. The first-order valence-corrected chi connectivity index (χ1v) is 6.63. The predicted molar refractivity (Wildman–Crippen MR) is 65.6 cm³/mol. The van der Waals surface area contributed by atoms with Gasteiger partial charge in [-0.1, -0.05) is 10.3 Å². The van der Waals surface area contributed by atoms with Gasteiger partial charge in [-0.25, -0.2) is 0 Å². The molecule has 0 aromatic carbocycles. The van der Waals surface area contributed by atoms with Crippen molar-refractivity contribution in [3.05, 3.63) is 16.4 Å². The highest BCUT2D eigenvalue weighted by Gasteiger charge is 2.31. The van der Waals surface area contributed by atoms with Crippen LogP contribution in [0.2, 0.25) is 0 Å². The molecule has 0 aliphatic carbocycles. The number of piperidine rings is 3. The van der Waals surface area contributed by atoms with Crippen molar-refractivity contribution in [2.75, 3.05) is 19.6 Å². The highest BCUT2D eigenvalue weighted by molar-refractivity contribution is 9.10. The highest BCUT2D eigenvalue weighted by Crippen LogP contribution is 2.25. The third-order valence-corrected chi connectivity index (χ3v) is 3.74. The summed E-state index contributed by atoms with van der Waals surface area (Å²) >= 11 is 3.22. The minimum atomic E-state index is 0.342. The molecule has 3 fully saturated rings. The van der Waals surface area contributed by atoms with Crippen LogP contribution in [0, 0.1) is 5.92 Å². The molecule has 3 saturated heterocycles. The second kappa shape index (κ2) is 4.78. The molecule has 4 heterocycles. The lowest BCUT2D eigenvalue weighted by Gasteiger charge is -2.39. The zero-order chi connectivity index (χ0) is 11.7. The highest BCUT2D eigenvalue weighted by atomic mass is 79.9. The molecule has 1 aromatic rings. The van der Waals surface area contributed by atoms with Gasteiger partial charge >= 0.3 is 0 Å². The van der Waals surface area contributed by atoms with Gasteiger partial charge in [0, 0.05) is 18.5 Å². The van der Waals surface area contributed by atoms with Crippen molar-refractivity contribution in [1.82, 2.24) is 10.1 Å². The van der Waals surface area contributed by atoms with Gasteiger partial charge in [-0.15, -0.1) is 0 Å². The number of aromatic nitrogens is 1. The van der Waals surface area contributed by atoms with Crippen molar-refractivity contribution in [2.24, 2.45) is 11.1 Å². The van der Waals surface area contributed by atoms with Crippen molar-refractivity contribution >= 4 is 21.6 Å². The monoisotopic (exact) mass is 299 g/mol. The maximum atomic E-state index is 5.33. The summed E-state index contributed by atoms with van der Waals surface area (Å²) in [5, 5.41) is 7.97. The second-order valence-electron chi connectivity index (χ2n) is 4.52. The van der Waals surface area contributed by atoms with Crippen LogP contribution in [0.4, 0.5) is 0 Å². The van der Waals surface area contributed by atoms with Crippen LogP contribution in [-0.2, 0) is 11.4 Å². The van der Waals surface area contributed by atoms with Gasteiger partial charge in [0.05, 0.1) is 5.71 Å². The lowest BCUT2D eigenvalue weighted by atomic mass is 9.87. The Labute approximate surface area is 108 Å². The maximum Gasteiger partial charge on any atom is 0.178 e. The Bertz CT molecular complexity index is 424. The van der Waals surface area contributed by atoms with Crippen LogP contribution in [-0.4, -0.2) is 35.4 Å². The van der Waals surface area contributed by atoms with Gasteiger partial charge in [0.1, 0.15) is 4.60 Å². The van der Waals surface area contributed by atoms with Crippen LogP contribution in [0.25, 0.3) is 0 Å². The van der Waals surface area contributed by atoms with Gasteiger partial charge < -0.3 is 9.36 Å². The Balaban J connectivity index is 1.56. The van der Waals surface area contributed by atoms with Gasteiger partial charge in [-0.05, 0) is 41.9 Å². The molecule has 0 unspecified atom stereocenters. The first-order chi connectivity index (χ1) is 8.31. The Hall–Kier alpha value is -0.880. The van der Waals surface area contributed by atoms with Crippen molar-refractivity contribution in [2.45, 2.75) is 19.4 Å². The average Bonchev–Trinajstić information content (AvgIpc) is 2.77. The average molecular weight is 300 g/mol. The number of fused-ring (bicyclic) bond motifs is 3. The summed E-state index contributed by atoms with van der Waals surface area (Å²) in [6.07, 6.45) is 2.44. The molecule has 3 aliphatic heterocycles. The number of oxime groups is 1. The molecule has 0 spiro atoms. The van der Waals surface area contributed by atoms with E-state index in [4.69, 9.17) is 9.36 Å². The third-order valence-electron chi connectivity index (χ3n) is 3.36. The predicted octanol–water partition coefficient (Wildman–Crippen LogP) is 2.04. The Morgan fingerprint density at radius 1 is 1.53 bits per heavy atom. The van der Waals surface area contributed by atoms with Crippen LogP contribution in [0.3, 0.4) is 0 Å². The minimum absolute atomic E-state index is 0.342. The van der Waals surface area contributed by atoms with Gasteiger partial charge in [0.2, 0.25) is 0 Å². The Morgan fingerprint density at radius 3 is 2.94 bits per heavy atom. The molecule has 1 aromatic heterocycles. The fourth-order valence-electron chi connectivity index (χ4n) is 2.42. The Kier molecular flexibility index (Phi) is 3.15. The van der Waals surface area contributed by atoms with E-state index in [1.807, 2.05) is 0 Å². The van der Waals surface area contributed by atoms with E-state index in [0.29, 0.717) is 22.9 Å². The van der Waals surface area contributed by atoms with Crippen LogP contribution < -0.4 is 0 Å². The van der Waals surface area contributed by atoms with Crippen molar-refractivity contribution < 1.29 is 9.36 Å². The van der Waals surface area contributed by atoms with E-state index in [-0.39, 0.29) is 0 Å². The lowest BCUT2D eigenvalue weighted by molar-refractivity contribution is 0.100. The van der Waals surface area contributed by atoms with Gasteiger partial charge in [-0.3, -0.25) is 4.90 Å². The molecule has 0 saturated carbocycles. The summed E-state index contributed by atoms with van der Waals surface area (Å²) in [5.74, 6) is 1.31. The van der Waals surface area contributed by atoms with E-state index in [2.05, 4.69) is 31.1 Å². The largest absolute Gasteiger partial charge is 0.387 e. The second-order valence-corrected chi connectivity index (χ2v) is 5.33. The summed E-state index contributed by atoms with van der Waals surface area (Å²) < 4.78 is 5.70. The smallest absolute Gasteiger partial charge is 0.178 e. The SMILES string of the molecule is Brc1cc(CO/N=C2\CN3CCC2CC3)on1. The summed E-state index contributed by atoms with van der Waals surface area (Å²) in [4.78, 5) is 7.76. The molecular formula is C11H14BrN3O2. The van der Waals surface area contributed by atoms with E-state index < -0.39 is 0 Å². The molecular weight excluding hydrogens is 286 g/mol.